The Morgan fingerprint density at radius 1 is 1.62 bits per heavy atom. The Kier molecular flexibility index (Phi) is 4.70. The third-order valence-electron chi connectivity index (χ3n) is 2.48. The molecule has 1 aliphatic heterocycles. The molecule has 6 nitrogen and oxygen atoms in total. The summed E-state index contributed by atoms with van der Waals surface area (Å²) >= 11 is 0. The number of carbonyl (C=O) groups is 2. The lowest BCUT2D eigenvalue weighted by Gasteiger charge is -2.19. The smallest absolute Gasteiger partial charge is 0.268 e. The lowest BCUT2D eigenvalue weighted by Crippen LogP contribution is -2.46. The first-order valence-corrected chi connectivity index (χ1v) is 5.48. The van der Waals surface area contributed by atoms with E-state index in [1.54, 1.807) is 0 Å². The Balaban J connectivity index is 2.50. The van der Waals surface area contributed by atoms with Gasteiger partial charge >= 0.3 is 0 Å². The van der Waals surface area contributed by atoms with E-state index < -0.39 is 18.1 Å². The zero-order valence-electron chi connectivity index (χ0n) is 9.35. The molecule has 0 spiro atoms. The van der Waals surface area contributed by atoms with Crippen molar-refractivity contribution in [3.8, 4) is 0 Å². The molecule has 0 saturated carbocycles. The summed E-state index contributed by atoms with van der Waals surface area (Å²) in [7, 11) is 0. The Morgan fingerprint density at radius 3 is 2.94 bits per heavy atom. The average Bonchev–Trinajstić information content (AvgIpc) is 2.32. The highest BCUT2D eigenvalue weighted by Crippen LogP contribution is 2.10. The fraction of sp³-hybridized carbons (Fsp3) is 0.800. The van der Waals surface area contributed by atoms with Crippen LogP contribution in [-0.2, 0) is 9.59 Å². The molecule has 2 amide bonds. The van der Waals surface area contributed by atoms with Crippen LogP contribution in [0.5, 0.6) is 0 Å². The van der Waals surface area contributed by atoms with Crippen LogP contribution >= 0.6 is 0 Å². The van der Waals surface area contributed by atoms with Crippen LogP contribution in [0.2, 0.25) is 0 Å². The van der Waals surface area contributed by atoms with Crippen LogP contribution in [0, 0.1) is 0 Å². The van der Waals surface area contributed by atoms with Gasteiger partial charge in [0.1, 0.15) is 6.04 Å². The van der Waals surface area contributed by atoms with Crippen LogP contribution in [0.15, 0.2) is 0 Å². The number of amides is 2. The summed E-state index contributed by atoms with van der Waals surface area (Å²) < 4.78 is 0. The molecule has 0 aromatic rings. The Bertz CT molecular complexity index is 268. The van der Waals surface area contributed by atoms with E-state index in [1.165, 1.54) is 6.92 Å². The first kappa shape index (κ1) is 12.9. The number of nitrogens with one attached hydrogen (secondary N) is 1. The highest BCUT2D eigenvalue weighted by Gasteiger charge is 2.27. The topological polar surface area (TPSA) is 89.9 Å². The largest absolute Gasteiger partial charge is 0.393 e. The highest BCUT2D eigenvalue weighted by atomic mass is 16.5. The third-order valence-corrected chi connectivity index (χ3v) is 2.48. The first-order valence-electron chi connectivity index (χ1n) is 5.48. The Morgan fingerprint density at radius 2 is 2.31 bits per heavy atom. The first-order chi connectivity index (χ1) is 7.50. The number of hydrogen-bond donors (Lipinski definition) is 3. The molecule has 0 aliphatic carbocycles. The second-order valence-corrected chi connectivity index (χ2v) is 4.13. The minimum atomic E-state index is -0.730. The van der Waals surface area contributed by atoms with E-state index in [1.807, 2.05) is 0 Å². The van der Waals surface area contributed by atoms with Crippen molar-refractivity contribution in [3.05, 3.63) is 0 Å². The van der Waals surface area contributed by atoms with Gasteiger partial charge in [0.2, 0.25) is 5.91 Å². The van der Waals surface area contributed by atoms with Crippen molar-refractivity contribution in [2.45, 2.75) is 44.8 Å². The minimum absolute atomic E-state index is 0.0325. The SMILES string of the molecule is C[C@H](O)CC(=O)N[C@H]1CCCCN(O)C1=O. The lowest BCUT2D eigenvalue weighted by molar-refractivity contribution is -0.167. The summed E-state index contributed by atoms with van der Waals surface area (Å²) in [6, 6.07) is -0.668. The van der Waals surface area contributed by atoms with Crippen molar-refractivity contribution < 1.29 is 19.9 Å². The fourth-order valence-corrected chi connectivity index (χ4v) is 1.68. The van der Waals surface area contributed by atoms with Gasteiger partial charge in [0, 0.05) is 6.54 Å². The Hall–Kier alpha value is -1.14. The molecule has 92 valence electrons. The summed E-state index contributed by atoms with van der Waals surface area (Å²) in [4.78, 5) is 22.9. The summed E-state index contributed by atoms with van der Waals surface area (Å²) in [5.41, 5.74) is 0. The van der Waals surface area contributed by atoms with E-state index >= 15 is 0 Å². The molecule has 0 aromatic carbocycles. The van der Waals surface area contributed by atoms with Gasteiger partial charge < -0.3 is 10.4 Å². The van der Waals surface area contributed by atoms with Crippen molar-refractivity contribution in [2.75, 3.05) is 6.54 Å². The van der Waals surface area contributed by atoms with Gasteiger partial charge in [-0.15, -0.1) is 0 Å². The van der Waals surface area contributed by atoms with Gasteiger partial charge in [-0.25, -0.2) is 5.06 Å². The van der Waals surface area contributed by atoms with E-state index in [9.17, 15) is 14.8 Å². The van der Waals surface area contributed by atoms with Crippen molar-refractivity contribution in [2.24, 2.45) is 0 Å². The predicted octanol–water partition coefficient (Wildman–Crippen LogP) is -0.356. The monoisotopic (exact) mass is 230 g/mol. The maximum absolute atomic E-state index is 11.6. The van der Waals surface area contributed by atoms with Crippen molar-refractivity contribution in [1.29, 1.82) is 0 Å². The summed E-state index contributed by atoms with van der Waals surface area (Å²) in [6.07, 6.45) is 1.27. The van der Waals surface area contributed by atoms with Crippen molar-refractivity contribution >= 4 is 11.8 Å². The zero-order valence-corrected chi connectivity index (χ0v) is 9.35. The molecule has 1 rings (SSSR count). The van der Waals surface area contributed by atoms with Gasteiger partial charge in [0.15, 0.2) is 0 Å². The minimum Gasteiger partial charge on any atom is -0.393 e. The molecule has 0 bridgehead atoms. The lowest BCUT2D eigenvalue weighted by atomic mass is 10.1. The van der Waals surface area contributed by atoms with Gasteiger partial charge in [0.05, 0.1) is 12.5 Å². The molecule has 1 heterocycles. The van der Waals surface area contributed by atoms with E-state index in [-0.39, 0.29) is 12.3 Å². The number of carbonyl (C=O) groups excluding carboxylic acids is 2. The third kappa shape index (κ3) is 3.79. The molecular weight excluding hydrogens is 212 g/mol. The maximum Gasteiger partial charge on any atom is 0.268 e. The molecule has 3 N–H and O–H groups in total. The molecule has 1 saturated heterocycles. The molecule has 2 atom stereocenters. The van der Waals surface area contributed by atoms with Crippen molar-refractivity contribution in [3.63, 3.8) is 0 Å². The number of aliphatic hydroxyl groups is 1. The average molecular weight is 230 g/mol. The second-order valence-electron chi connectivity index (χ2n) is 4.13. The summed E-state index contributed by atoms with van der Waals surface area (Å²) in [6.45, 7) is 1.81. The second kappa shape index (κ2) is 5.81. The molecule has 6 heteroatoms. The summed E-state index contributed by atoms with van der Waals surface area (Å²) in [5.74, 6) is -0.847. The number of rotatable bonds is 3. The molecule has 0 aromatic heterocycles. The van der Waals surface area contributed by atoms with Crippen LogP contribution in [0.3, 0.4) is 0 Å². The molecular formula is C10H18N2O4. The van der Waals surface area contributed by atoms with Crippen LogP contribution in [0.25, 0.3) is 0 Å². The molecule has 16 heavy (non-hydrogen) atoms. The Labute approximate surface area is 94.2 Å². The molecule has 1 fully saturated rings. The zero-order chi connectivity index (χ0) is 12.1. The predicted molar refractivity (Wildman–Crippen MR) is 55.6 cm³/mol. The quantitative estimate of drug-likeness (QED) is 0.578. The molecule has 0 radical (unpaired) electrons. The van der Waals surface area contributed by atoms with E-state index in [4.69, 9.17) is 5.11 Å². The van der Waals surface area contributed by atoms with Gasteiger partial charge in [-0.05, 0) is 26.2 Å². The van der Waals surface area contributed by atoms with Crippen LogP contribution in [0.1, 0.15) is 32.6 Å². The highest BCUT2D eigenvalue weighted by molar-refractivity contribution is 5.87. The van der Waals surface area contributed by atoms with Gasteiger partial charge in [-0.2, -0.15) is 0 Å². The number of hydroxylamine groups is 2. The van der Waals surface area contributed by atoms with Gasteiger partial charge in [-0.1, -0.05) is 0 Å². The maximum atomic E-state index is 11.6. The molecule has 0 unspecified atom stereocenters. The molecule has 1 aliphatic rings. The van der Waals surface area contributed by atoms with Gasteiger partial charge in [-0.3, -0.25) is 14.8 Å². The van der Waals surface area contributed by atoms with Crippen LogP contribution in [0.4, 0.5) is 0 Å². The number of nitrogens with zero attached hydrogens (tertiary/aromatic N) is 1. The van der Waals surface area contributed by atoms with Gasteiger partial charge in [0.25, 0.3) is 5.91 Å². The van der Waals surface area contributed by atoms with E-state index in [0.717, 1.165) is 12.8 Å². The fourth-order valence-electron chi connectivity index (χ4n) is 1.68. The van der Waals surface area contributed by atoms with E-state index in [2.05, 4.69) is 5.32 Å². The van der Waals surface area contributed by atoms with E-state index in [0.29, 0.717) is 18.0 Å². The number of aliphatic hydroxyl groups excluding tert-OH is 1. The summed E-state index contributed by atoms with van der Waals surface area (Å²) in [5, 5.41) is 21.5. The van der Waals surface area contributed by atoms with Crippen LogP contribution in [-0.4, -0.2) is 45.9 Å². The number of hydrogen-bond acceptors (Lipinski definition) is 4. The normalized spacial score (nSPS) is 23.8. The van der Waals surface area contributed by atoms with Crippen molar-refractivity contribution in [1.82, 2.24) is 10.4 Å². The standard InChI is InChI=1S/C10H18N2O4/c1-7(13)6-9(14)11-8-4-2-3-5-12(16)10(8)15/h7-8,13,16H,2-6H2,1H3,(H,11,14)/t7-,8-/m0/s1. The van der Waals surface area contributed by atoms with Crippen LogP contribution < -0.4 is 5.32 Å².